The second kappa shape index (κ2) is 6.39. The number of para-hydroxylation sites is 2. The lowest BCUT2D eigenvalue weighted by molar-refractivity contribution is -0.120. The van der Waals surface area contributed by atoms with E-state index in [0.29, 0.717) is 11.4 Å². The van der Waals surface area contributed by atoms with Crippen molar-refractivity contribution in [2.45, 2.75) is 6.42 Å². The van der Waals surface area contributed by atoms with Gasteiger partial charge < -0.3 is 4.57 Å². The minimum atomic E-state index is -0.347. The molecule has 1 amide bonds. The molecule has 1 heterocycles. The Labute approximate surface area is 132 Å². The second-order valence-corrected chi connectivity index (χ2v) is 5.10. The number of hydrazone groups is 1. The van der Waals surface area contributed by atoms with Crippen LogP contribution in [0.15, 0.2) is 53.6 Å². The smallest absolute Gasteiger partial charge is 0.247 e. The van der Waals surface area contributed by atoms with E-state index >= 15 is 0 Å². The molecule has 0 atom stereocenters. The van der Waals surface area contributed by atoms with Crippen LogP contribution in [0, 0.1) is 5.82 Å². The fourth-order valence-corrected chi connectivity index (χ4v) is 2.30. The molecule has 0 spiro atoms. The van der Waals surface area contributed by atoms with Gasteiger partial charge in [-0.3, -0.25) is 4.79 Å². The number of nitrogens with one attached hydrogen (secondary N) is 1. The van der Waals surface area contributed by atoms with Gasteiger partial charge in [0, 0.05) is 7.05 Å². The summed E-state index contributed by atoms with van der Waals surface area (Å²) in [6.07, 6.45) is 1.52. The average Bonchev–Trinajstić information content (AvgIpc) is 2.84. The summed E-state index contributed by atoms with van der Waals surface area (Å²) in [5.41, 5.74) is 4.82. The van der Waals surface area contributed by atoms with E-state index < -0.39 is 0 Å². The molecule has 3 aromatic rings. The molecular weight excluding hydrogens is 295 g/mol. The van der Waals surface area contributed by atoms with E-state index in [1.165, 1.54) is 18.3 Å². The summed E-state index contributed by atoms with van der Waals surface area (Å²) in [6, 6.07) is 13.6. The Morgan fingerprint density at radius 3 is 2.91 bits per heavy atom. The van der Waals surface area contributed by atoms with Gasteiger partial charge in [0.2, 0.25) is 5.91 Å². The van der Waals surface area contributed by atoms with Crippen LogP contribution in [0.5, 0.6) is 0 Å². The largest absolute Gasteiger partial charge is 0.331 e. The lowest BCUT2D eigenvalue weighted by Crippen LogP contribution is -2.21. The number of hydrogen-bond donors (Lipinski definition) is 1. The van der Waals surface area contributed by atoms with Crippen LogP contribution >= 0.6 is 0 Å². The zero-order valence-electron chi connectivity index (χ0n) is 12.5. The second-order valence-electron chi connectivity index (χ2n) is 5.10. The molecule has 0 aliphatic carbocycles. The van der Waals surface area contributed by atoms with Gasteiger partial charge in [0.25, 0.3) is 0 Å². The molecule has 0 saturated carbocycles. The summed E-state index contributed by atoms with van der Waals surface area (Å²) in [4.78, 5) is 16.4. The predicted octanol–water partition coefficient (Wildman–Crippen LogP) is 2.41. The maximum Gasteiger partial charge on any atom is 0.247 e. The number of fused-ring (bicyclic) bond motifs is 1. The Morgan fingerprint density at radius 2 is 2.13 bits per heavy atom. The topological polar surface area (TPSA) is 59.3 Å². The maximum absolute atomic E-state index is 13.0. The minimum absolute atomic E-state index is 0.117. The zero-order chi connectivity index (χ0) is 16.2. The number of benzene rings is 2. The highest BCUT2D eigenvalue weighted by Gasteiger charge is 2.10. The van der Waals surface area contributed by atoms with E-state index in [4.69, 9.17) is 0 Å². The molecule has 2 aromatic carbocycles. The van der Waals surface area contributed by atoms with Gasteiger partial charge in [0.05, 0.1) is 23.7 Å². The first-order chi connectivity index (χ1) is 11.1. The summed E-state index contributed by atoms with van der Waals surface area (Å²) in [6.45, 7) is 0. The Balaban J connectivity index is 1.66. The molecule has 116 valence electrons. The highest BCUT2D eigenvalue weighted by atomic mass is 19.1. The molecule has 23 heavy (non-hydrogen) atoms. The molecule has 0 saturated heterocycles. The number of carbonyl (C=O) groups is 1. The van der Waals surface area contributed by atoms with Crippen LogP contribution in [-0.2, 0) is 18.3 Å². The lowest BCUT2D eigenvalue weighted by atomic mass is 10.2. The van der Waals surface area contributed by atoms with Gasteiger partial charge in [0.15, 0.2) is 0 Å². The third-order valence-corrected chi connectivity index (χ3v) is 3.45. The predicted molar refractivity (Wildman–Crippen MR) is 86.6 cm³/mol. The van der Waals surface area contributed by atoms with Crippen LogP contribution in [0.2, 0.25) is 0 Å². The fourth-order valence-electron chi connectivity index (χ4n) is 2.30. The first-order valence-electron chi connectivity index (χ1n) is 7.11. The van der Waals surface area contributed by atoms with Gasteiger partial charge >= 0.3 is 0 Å². The molecule has 0 bridgehead atoms. The summed E-state index contributed by atoms with van der Waals surface area (Å²) in [7, 11) is 1.87. The fraction of sp³-hybridized carbons (Fsp3) is 0.118. The van der Waals surface area contributed by atoms with E-state index in [-0.39, 0.29) is 18.1 Å². The minimum Gasteiger partial charge on any atom is -0.331 e. The number of hydrogen-bond acceptors (Lipinski definition) is 3. The van der Waals surface area contributed by atoms with Crippen LogP contribution in [0.3, 0.4) is 0 Å². The van der Waals surface area contributed by atoms with Crippen LogP contribution in [0.1, 0.15) is 11.4 Å². The highest BCUT2D eigenvalue weighted by molar-refractivity contribution is 5.84. The van der Waals surface area contributed by atoms with Crippen molar-refractivity contribution in [2.24, 2.45) is 12.1 Å². The van der Waals surface area contributed by atoms with Crippen LogP contribution in [-0.4, -0.2) is 21.7 Å². The van der Waals surface area contributed by atoms with Crippen LogP contribution in [0.4, 0.5) is 4.39 Å². The van der Waals surface area contributed by atoms with Crippen molar-refractivity contribution < 1.29 is 9.18 Å². The third-order valence-electron chi connectivity index (χ3n) is 3.45. The number of aryl methyl sites for hydroxylation is 1. The van der Waals surface area contributed by atoms with Crippen molar-refractivity contribution in [3.05, 3.63) is 65.7 Å². The number of aromatic nitrogens is 2. The number of rotatable bonds is 4. The Hall–Kier alpha value is -3.02. The number of carbonyl (C=O) groups excluding carboxylic acids is 1. The van der Waals surface area contributed by atoms with Gasteiger partial charge in [-0.1, -0.05) is 24.3 Å². The van der Waals surface area contributed by atoms with E-state index in [2.05, 4.69) is 15.5 Å². The van der Waals surface area contributed by atoms with Crippen molar-refractivity contribution >= 4 is 23.2 Å². The molecule has 0 fully saturated rings. The van der Waals surface area contributed by atoms with E-state index in [1.54, 1.807) is 12.1 Å². The first-order valence-corrected chi connectivity index (χ1v) is 7.11. The van der Waals surface area contributed by atoms with Gasteiger partial charge in [-0.15, -0.1) is 0 Å². The number of imidazole rings is 1. The van der Waals surface area contributed by atoms with Gasteiger partial charge in [0.1, 0.15) is 11.6 Å². The van der Waals surface area contributed by atoms with E-state index in [1.807, 2.05) is 35.9 Å². The summed E-state index contributed by atoms with van der Waals surface area (Å²) in [5.74, 6) is 0.0284. The molecule has 1 N–H and O–H groups in total. The average molecular weight is 310 g/mol. The molecule has 0 unspecified atom stereocenters. The van der Waals surface area contributed by atoms with E-state index in [0.717, 1.165) is 11.0 Å². The standard InChI is InChI=1S/C17H15FN4O/c1-22-15-8-3-2-7-14(15)20-16(22)10-17(23)21-19-11-12-5-4-6-13(18)9-12/h2-9,11H,10H2,1H3,(H,21,23)/b19-11-. The van der Waals surface area contributed by atoms with Crippen LogP contribution in [0.25, 0.3) is 11.0 Å². The Kier molecular flexibility index (Phi) is 4.14. The lowest BCUT2D eigenvalue weighted by Gasteiger charge is -2.01. The molecule has 5 nitrogen and oxygen atoms in total. The van der Waals surface area contributed by atoms with Crippen molar-refractivity contribution in [3.63, 3.8) is 0 Å². The van der Waals surface area contributed by atoms with Crippen molar-refractivity contribution in [2.75, 3.05) is 0 Å². The third kappa shape index (κ3) is 3.42. The molecule has 0 aliphatic rings. The van der Waals surface area contributed by atoms with Crippen molar-refractivity contribution in [1.29, 1.82) is 0 Å². The highest BCUT2D eigenvalue weighted by Crippen LogP contribution is 2.14. The Bertz CT molecular complexity index is 885. The van der Waals surface area contributed by atoms with E-state index in [9.17, 15) is 9.18 Å². The summed E-state index contributed by atoms with van der Waals surface area (Å²) < 4.78 is 14.9. The molecule has 6 heteroatoms. The van der Waals surface area contributed by atoms with Gasteiger partial charge in [-0.25, -0.2) is 14.8 Å². The van der Waals surface area contributed by atoms with Crippen molar-refractivity contribution in [3.8, 4) is 0 Å². The van der Waals surface area contributed by atoms with Gasteiger partial charge in [-0.05, 0) is 29.8 Å². The maximum atomic E-state index is 13.0. The quantitative estimate of drug-likeness (QED) is 0.594. The molecule has 0 radical (unpaired) electrons. The monoisotopic (exact) mass is 310 g/mol. The summed E-state index contributed by atoms with van der Waals surface area (Å²) >= 11 is 0. The molecule has 1 aromatic heterocycles. The number of amides is 1. The SMILES string of the molecule is Cn1c(CC(=O)N/N=C\c2cccc(F)c2)nc2ccccc21. The Morgan fingerprint density at radius 1 is 1.30 bits per heavy atom. The van der Waals surface area contributed by atoms with Gasteiger partial charge in [-0.2, -0.15) is 5.10 Å². The van der Waals surface area contributed by atoms with Crippen LogP contribution < -0.4 is 5.43 Å². The number of halogens is 1. The molecule has 3 rings (SSSR count). The molecule has 0 aliphatic heterocycles. The number of nitrogens with zero attached hydrogens (tertiary/aromatic N) is 3. The zero-order valence-corrected chi connectivity index (χ0v) is 12.5. The normalized spacial score (nSPS) is 11.2. The summed E-state index contributed by atoms with van der Waals surface area (Å²) in [5, 5.41) is 3.83. The molecular formula is C17H15FN4O. The first kappa shape index (κ1) is 14.9. The van der Waals surface area contributed by atoms with Crippen molar-refractivity contribution in [1.82, 2.24) is 15.0 Å².